The molecule has 0 aromatic heterocycles. The topological polar surface area (TPSA) is 96.0 Å². The highest BCUT2D eigenvalue weighted by atomic mass is 32.2. The summed E-state index contributed by atoms with van der Waals surface area (Å²) in [4.78, 5) is 29.0. The predicted octanol–water partition coefficient (Wildman–Crippen LogP) is 4.92. The monoisotopic (exact) mass is 565 g/mol. The van der Waals surface area contributed by atoms with Crippen LogP contribution in [0, 0.1) is 6.92 Å². The Balaban J connectivity index is 2.07. The first-order valence-electron chi connectivity index (χ1n) is 13.2. The number of amides is 2. The Morgan fingerprint density at radius 1 is 0.950 bits per heavy atom. The minimum Gasteiger partial charge on any atom is -0.497 e. The summed E-state index contributed by atoms with van der Waals surface area (Å²) < 4.78 is 34.2. The zero-order valence-corrected chi connectivity index (χ0v) is 24.9. The van der Waals surface area contributed by atoms with E-state index in [4.69, 9.17) is 4.74 Å². The second kappa shape index (κ2) is 13.0. The molecule has 3 aromatic carbocycles. The first-order chi connectivity index (χ1) is 18.9. The molecule has 0 radical (unpaired) electrons. The zero-order valence-electron chi connectivity index (χ0n) is 24.0. The highest BCUT2D eigenvalue weighted by Crippen LogP contribution is 2.28. The van der Waals surface area contributed by atoms with Gasteiger partial charge in [0.2, 0.25) is 11.8 Å². The Hall–Kier alpha value is -3.85. The largest absolute Gasteiger partial charge is 0.497 e. The van der Waals surface area contributed by atoms with Crippen molar-refractivity contribution in [3.63, 3.8) is 0 Å². The van der Waals surface area contributed by atoms with E-state index in [0.717, 1.165) is 15.4 Å². The highest BCUT2D eigenvalue weighted by Gasteiger charge is 2.34. The minimum atomic E-state index is -4.14. The Bertz CT molecular complexity index is 1400. The number of aryl methyl sites for hydroxylation is 1. The normalized spacial score (nSPS) is 12.3. The number of nitrogens with zero attached hydrogens (tertiary/aromatic N) is 2. The van der Waals surface area contributed by atoms with Gasteiger partial charge in [-0.2, -0.15) is 0 Å². The number of ether oxygens (including phenoxy) is 1. The van der Waals surface area contributed by atoms with Crippen molar-refractivity contribution >= 4 is 27.5 Å². The van der Waals surface area contributed by atoms with E-state index in [9.17, 15) is 18.0 Å². The van der Waals surface area contributed by atoms with Crippen molar-refractivity contribution in [3.05, 3.63) is 90.0 Å². The summed E-state index contributed by atoms with van der Waals surface area (Å²) in [7, 11) is -2.65. The number of rotatable bonds is 11. The van der Waals surface area contributed by atoms with Gasteiger partial charge in [0.05, 0.1) is 17.7 Å². The van der Waals surface area contributed by atoms with Crippen LogP contribution in [0.3, 0.4) is 0 Å². The molecule has 1 N–H and O–H groups in total. The number of sulfonamides is 1. The predicted molar refractivity (Wildman–Crippen MR) is 158 cm³/mol. The molecule has 0 saturated heterocycles. The summed E-state index contributed by atoms with van der Waals surface area (Å²) in [6, 6.07) is 21.4. The van der Waals surface area contributed by atoms with Crippen molar-refractivity contribution in [2.24, 2.45) is 0 Å². The molecule has 1 atom stereocenters. The fourth-order valence-corrected chi connectivity index (χ4v) is 5.70. The molecule has 40 heavy (non-hydrogen) atoms. The molecule has 0 aliphatic heterocycles. The first kappa shape index (κ1) is 30.7. The Kier molecular flexibility index (Phi) is 9.98. The molecule has 0 heterocycles. The Morgan fingerprint density at radius 2 is 1.60 bits per heavy atom. The van der Waals surface area contributed by atoms with Gasteiger partial charge in [0.15, 0.2) is 0 Å². The van der Waals surface area contributed by atoms with Crippen molar-refractivity contribution in [2.75, 3.05) is 18.0 Å². The van der Waals surface area contributed by atoms with Gasteiger partial charge in [0.25, 0.3) is 10.0 Å². The number of carbonyl (C=O) groups is 2. The Labute approximate surface area is 238 Å². The number of hydrogen-bond acceptors (Lipinski definition) is 5. The second-order valence-corrected chi connectivity index (χ2v) is 12.6. The number of hydrogen-bond donors (Lipinski definition) is 1. The van der Waals surface area contributed by atoms with Gasteiger partial charge in [-0.25, -0.2) is 8.42 Å². The third-order valence-electron chi connectivity index (χ3n) is 6.31. The zero-order chi connectivity index (χ0) is 29.5. The summed E-state index contributed by atoms with van der Waals surface area (Å²) in [6.07, 6.45) is 0.351. The number of nitrogens with one attached hydrogen (secondary N) is 1. The number of anilines is 1. The minimum absolute atomic E-state index is 0.0493. The van der Waals surface area contributed by atoms with E-state index >= 15 is 0 Å². The van der Waals surface area contributed by atoms with Crippen LogP contribution in [-0.2, 0) is 26.2 Å². The van der Waals surface area contributed by atoms with Crippen LogP contribution in [-0.4, -0.2) is 50.4 Å². The summed E-state index contributed by atoms with van der Waals surface area (Å²) in [5, 5.41) is 2.98. The lowest BCUT2D eigenvalue weighted by Crippen LogP contribution is -2.55. The van der Waals surface area contributed by atoms with Crippen LogP contribution in [0.15, 0.2) is 83.8 Å². The van der Waals surface area contributed by atoms with Crippen LogP contribution >= 0.6 is 0 Å². The van der Waals surface area contributed by atoms with Gasteiger partial charge < -0.3 is 15.0 Å². The average Bonchev–Trinajstić information content (AvgIpc) is 2.92. The molecule has 1 unspecified atom stereocenters. The third-order valence-corrected chi connectivity index (χ3v) is 8.10. The number of carbonyl (C=O) groups excluding carboxylic acids is 2. The number of benzene rings is 3. The Morgan fingerprint density at radius 3 is 2.17 bits per heavy atom. The summed E-state index contributed by atoms with van der Waals surface area (Å²) >= 11 is 0. The summed E-state index contributed by atoms with van der Waals surface area (Å²) in [6.45, 7) is 9.08. The van der Waals surface area contributed by atoms with Gasteiger partial charge in [0.1, 0.15) is 18.3 Å². The van der Waals surface area contributed by atoms with E-state index in [1.165, 1.54) is 24.1 Å². The van der Waals surface area contributed by atoms with Crippen LogP contribution in [0.5, 0.6) is 5.75 Å². The summed E-state index contributed by atoms with van der Waals surface area (Å²) in [5.74, 6) is -0.348. The fourth-order valence-electron chi connectivity index (χ4n) is 4.28. The standard InChI is InChI=1S/C31H39N3O5S/c1-7-28(30(36)32-31(3,4)5)33(21-24-18-16-23(2)17-19-24)29(35)22-34(25-12-11-13-26(20-25)39-6)40(37,38)27-14-9-8-10-15-27/h8-20,28H,7,21-22H2,1-6H3,(H,32,36). The molecule has 0 fully saturated rings. The van der Waals surface area contributed by atoms with Crippen LogP contribution < -0.4 is 14.4 Å². The molecular formula is C31H39N3O5S. The molecule has 3 rings (SSSR count). The van der Waals surface area contributed by atoms with Gasteiger partial charge in [-0.1, -0.05) is 61.0 Å². The lowest BCUT2D eigenvalue weighted by Gasteiger charge is -2.34. The van der Waals surface area contributed by atoms with Crippen molar-refractivity contribution in [1.82, 2.24) is 10.2 Å². The fraction of sp³-hybridized carbons (Fsp3) is 0.355. The van der Waals surface area contributed by atoms with Crippen LogP contribution in [0.4, 0.5) is 5.69 Å². The molecule has 0 saturated carbocycles. The maximum Gasteiger partial charge on any atom is 0.264 e. The lowest BCUT2D eigenvalue weighted by atomic mass is 10.1. The van der Waals surface area contributed by atoms with Gasteiger partial charge in [-0.15, -0.1) is 0 Å². The van der Waals surface area contributed by atoms with E-state index in [0.29, 0.717) is 12.2 Å². The van der Waals surface area contributed by atoms with Crippen molar-refractivity contribution in [1.29, 1.82) is 0 Å². The van der Waals surface area contributed by atoms with E-state index < -0.39 is 34.1 Å². The lowest BCUT2D eigenvalue weighted by molar-refractivity contribution is -0.141. The molecule has 0 aliphatic rings. The molecule has 3 aromatic rings. The van der Waals surface area contributed by atoms with Crippen molar-refractivity contribution in [2.45, 2.75) is 64.1 Å². The van der Waals surface area contributed by atoms with Crippen LogP contribution in [0.2, 0.25) is 0 Å². The maximum absolute atomic E-state index is 14.1. The number of methoxy groups -OCH3 is 1. The van der Waals surface area contributed by atoms with E-state index in [1.54, 1.807) is 42.5 Å². The molecule has 0 spiro atoms. The third kappa shape index (κ3) is 7.85. The highest BCUT2D eigenvalue weighted by molar-refractivity contribution is 7.92. The smallest absolute Gasteiger partial charge is 0.264 e. The van der Waals surface area contributed by atoms with E-state index in [2.05, 4.69) is 5.32 Å². The van der Waals surface area contributed by atoms with Gasteiger partial charge in [-0.3, -0.25) is 13.9 Å². The van der Waals surface area contributed by atoms with Crippen LogP contribution in [0.25, 0.3) is 0 Å². The van der Waals surface area contributed by atoms with E-state index in [1.807, 2.05) is 58.9 Å². The quantitative estimate of drug-likeness (QED) is 0.356. The van der Waals surface area contributed by atoms with Crippen molar-refractivity contribution in [3.8, 4) is 5.75 Å². The molecule has 2 amide bonds. The molecule has 214 valence electrons. The molecule has 0 aliphatic carbocycles. The molecule has 0 bridgehead atoms. The SMILES string of the molecule is CCC(C(=O)NC(C)(C)C)N(Cc1ccc(C)cc1)C(=O)CN(c1cccc(OC)c1)S(=O)(=O)c1ccccc1. The van der Waals surface area contributed by atoms with Crippen LogP contribution in [0.1, 0.15) is 45.2 Å². The molecule has 9 heteroatoms. The first-order valence-corrected chi connectivity index (χ1v) is 14.7. The maximum atomic E-state index is 14.1. The van der Waals surface area contributed by atoms with Crippen molar-refractivity contribution < 1.29 is 22.7 Å². The molecular weight excluding hydrogens is 526 g/mol. The average molecular weight is 566 g/mol. The second-order valence-electron chi connectivity index (χ2n) is 10.7. The summed E-state index contributed by atoms with van der Waals surface area (Å²) in [5.41, 5.74) is 1.67. The van der Waals surface area contributed by atoms with Gasteiger partial charge in [0, 0.05) is 18.2 Å². The van der Waals surface area contributed by atoms with Gasteiger partial charge >= 0.3 is 0 Å². The van der Waals surface area contributed by atoms with Gasteiger partial charge in [-0.05, 0) is 63.9 Å². The molecule has 8 nitrogen and oxygen atoms in total. The van der Waals surface area contributed by atoms with E-state index in [-0.39, 0.29) is 23.0 Å².